The molecular formula is C56H35N. The highest BCUT2D eigenvalue weighted by molar-refractivity contribution is 6.26. The highest BCUT2D eigenvalue weighted by atomic mass is 15.0. The summed E-state index contributed by atoms with van der Waals surface area (Å²) < 4.78 is 2.49. The lowest BCUT2D eigenvalue weighted by atomic mass is 9.58. The monoisotopic (exact) mass is 721 g/mol. The molecule has 1 aromatic heterocycles. The van der Waals surface area contributed by atoms with Gasteiger partial charge in [0, 0.05) is 33.9 Å². The Bertz CT molecular complexity index is 3390. The van der Waals surface area contributed by atoms with Gasteiger partial charge in [-0.2, -0.15) is 0 Å². The van der Waals surface area contributed by atoms with E-state index in [2.05, 4.69) is 205 Å². The molecule has 1 heterocycles. The van der Waals surface area contributed by atoms with Gasteiger partial charge in [0.1, 0.15) is 0 Å². The van der Waals surface area contributed by atoms with Gasteiger partial charge >= 0.3 is 0 Å². The summed E-state index contributed by atoms with van der Waals surface area (Å²) in [4.78, 5) is 0. The zero-order valence-corrected chi connectivity index (χ0v) is 31.2. The van der Waals surface area contributed by atoms with E-state index in [1.807, 2.05) is 0 Å². The highest BCUT2D eigenvalue weighted by Crippen LogP contribution is 2.60. The van der Waals surface area contributed by atoms with E-state index in [9.17, 15) is 0 Å². The van der Waals surface area contributed by atoms with Crippen molar-refractivity contribution in [3.63, 3.8) is 0 Å². The first-order valence-corrected chi connectivity index (χ1v) is 20.1. The van der Waals surface area contributed by atoms with Gasteiger partial charge in [0.2, 0.25) is 0 Å². The van der Waals surface area contributed by atoms with Crippen molar-refractivity contribution in [2.75, 3.05) is 0 Å². The van der Waals surface area contributed by atoms with Gasteiger partial charge < -0.3 is 4.57 Å². The smallest absolute Gasteiger partial charge is 0.0619 e. The third-order valence-corrected chi connectivity index (χ3v) is 13.2. The van der Waals surface area contributed by atoms with E-state index in [1.165, 1.54) is 115 Å². The largest absolute Gasteiger partial charge is 0.309 e. The molecule has 1 heteroatoms. The first-order chi connectivity index (χ1) is 28.3. The second-order valence-electron chi connectivity index (χ2n) is 15.9. The van der Waals surface area contributed by atoms with Crippen LogP contribution in [0.1, 0.15) is 45.2 Å². The van der Waals surface area contributed by atoms with Crippen LogP contribution in [0.15, 0.2) is 200 Å². The molecule has 0 radical (unpaired) electrons. The van der Waals surface area contributed by atoms with Gasteiger partial charge in [-0.1, -0.05) is 176 Å². The van der Waals surface area contributed by atoms with Crippen LogP contribution in [0.25, 0.3) is 82.1 Å². The Hall–Kier alpha value is -7.22. The third-order valence-electron chi connectivity index (χ3n) is 13.2. The molecule has 2 bridgehead atoms. The first kappa shape index (κ1) is 31.0. The van der Waals surface area contributed by atoms with Crippen molar-refractivity contribution >= 4 is 54.1 Å². The van der Waals surface area contributed by atoms with E-state index in [1.54, 1.807) is 0 Å². The van der Waals surface area contributed by atoms with Gasteiger partial charge in [-0.25, -0.2) is 0 Å². The van der Waals surface area contributed by atoms with Gasteiger partial charge in [-0.3, -0.25) is 0 Å². The minimum Gasteiger partial charge on any atom is -0.309 e. The van der Waals surface area contributed by atoms with E-state index in [0.29, 0.717) is 0 Å². The molecule has 0 saturated carbocycles. The lowest BCUT2D eigenvalue weighted by Gasteiger charge is -2.44. The maximum atomic E-state index is 2.49. The van der Waals surface area contributed by atoms with E-state index in [4.69, 9.17) is 0 Å². The van der Waals surface area contributed by atoms with Crippen LogP contribution in [0.3, 0.4) is 0 Å². The number of rotatable bonds is 3. The Morgan fingerprint density at radius 3 is 1.40 bits per heavy atom. The number of hydrogen-bond acceptors (Lipinski definition) is 0. The molecule has 0 N–H and O–H groups in total. The summed E-state index contributed by atoms with van der Waals surface area (Å²) in [5.74, 6) is 0.234. The first-order valence-electron chi connectivity index (χ1n) is 20.1. The lowest BCUT2D eigenvalue weighted by molar-refractivity contribution is 0.758. The van der Waals surface area contributed by atoms with Crippen LogP contribution in [0.5, 0.6) is 0 Å². The third kappa shape index (κ3) is 4.18. The second-order valence-corrected chi connectivity index (χ2v) is 15.9. The quantitative estimate of drug-likeness (QED) is 0.160. The zero-order chi connectivity index (χ0) is 37.2. The Kier molecular flexibility index (Phi) is 6.34. The average molecular weight is 722 g/mol. The molecule has 1 nitrogen and oxygen atoms in total. The second kappa shape index (κ2) is 11.6. The fourth-order valence-electron chi connectivity index (χ4n) is 10.9. The molecule has 0 aliphatic heterocycles. The van der Waals surface area contributed by atoms with Gasteiger partial charge in [0.25, 0.3) is 0 Å². The van der Waals surface area contributed by atoms with Gasteiger partial charge in [-0.05, 0) is 107 Å². The van der Waals surface area contributed by atoms with Gasteiger partial charge in [-0.15, -0.1) is 0 Å². The number of fused-ring (bicyclic) bond motifs is 9. The van der Waals surface area contributed by atoms with Crippen molar-refractivity contribution in [1.82, 2.24) is 4.57 Å². The summed E-state index contributed by atoms with van der Waals surface area (Å²) in [7, 11) is 0. The molecular weight excluding hydrogens is 687 g/mol. The van der Waals surface area contributed by atoms with Gasteiger partial charge in [0.15, 0.2) is 0 Å². The van der Waals surface area contributed by atoms with Crippen LogP contribution in [0.2, 0.25) is 0 Å². The molecule has 0 amide bonds. The maximum Gasteiger partial charge on any atom is 0.0619 e. The number of para-hydroxylation sites is 3. The van der Waals surface area contributed by atoms with E-state index < -0.39 is 0 Å². The molecule has 0 fully saturated rings. The van der Waals surface area contributed by atoms with E-state index in [-0.39, 0.29) is 11.8 Å². The average Bonchev–Trinajstić information content (AvgIpc) is 3.63. The van der Waals surface area contributed by atoms with Crippen LogP contribution in [-0.4, -0.2) is 4.57 Å². The Morgan fingerprint density at radius 2 is 0.772 bits per heavy atom. The Labute approximate surface area is 330 Å². The normalized spacial score (nSPS) is 15.4. The molecule has 57 heavy (non-hydrogen) atoms. The lowest BCUT2D eigenvalue weighted by Crippen LogP contribution is -2.28. The summed E-state index contributed by atoms with van der Waals surface area (Å²) in [6.07, 6.45) is 0. The number of hydrogen-bond donors (Lipinski definition) is 0. The summed E-state index contributed by atoms with van der Waals surface area (Å²) in [5, 5.41) is 10.4. The van der Waals surface area contributed by atoms with Gasteiger partial charge in [0.05, 0.1) is 11.0 Å². The molecule has 10 aromatic carbocycles. The van der Waals surface area contributed by atoms with Crippen molar-refractivity contribution in [3.05, 3.63) is 234 Å². The van der Waals surface area contributed by atoms with E-state index >= 15 is 0 Å². The molecule has 14 rings (SSSR count). The molecule has 11 aromatic rings. The summed E-state index contributed by atoms with van der Waals surface area (Å²) in [5.41, 5.74) is 17.4. The molecule has 3 aliphatic rings. The Morgan fingerprint density at radius 1 is 0.298 bits per heavy atom. The minimum absolute atomic E-state index is 0.113. The van der Waals surface area contributed by atoms with Crippen molar-refractivity contribution in [1.29, 1.82) is 0 Å². The van der Waals surface area contributed by atoms with Crippen molar-refractivity contribution < 1.29 is 0 Å². The minimum atomic E-state index is 0.113. The number of aromatic nitrogens is 1. The molecule has 0 spiro atoms. The topological polar surface area (TPSA) is 4.93 Å². The van der Waals surface area contributed by atoms with Crippen LogP contribution < -0.4 is 0 Å². The molecule has 0 saturated heterocycles. The molecule has 264 valence electrons. The van der Waals surface area contributed by atoms with Crippen LogP contribution >= 0.6 is 0 Å². The number of nitrogens with zero attached hydrogens (tertiary/aromatic N) is 1. The maximum absolute atomic E-state index is 2.49. The van der Waals surface area contributed by atoms with Crippen LogP contribution in [-0.2, 0) is 0 Å². The fraction of sp³-hybridized carbons (Fsp3) is 0.0357. The standard InChI is InChI=1S/C56H35N/c1-2-15-35(16-3-1)57-51-28-13-12-21-42(51)48-26-14-27-49(56(48)57)47-32-31-36(54-52-43-22-8-10-24-45(43)53(55(47)54)46-25-11-9-23-44(46)52)34-29-30-41-39-19-5-4-17-37(39)38-18-6-7-20-40(38)50(41)33-34/h1-33,52-53H. The Balaban J connectivity index is 1.16. The predicted octanol–water partition coefficient (Wildman–Crippen LogP) is 14.6. The molecule has 3 aliphatic carbocycles. The van der Waals surface area contributed by atoms with E-state index in [0.717, 1.165) is 0 Å². The molecule has 0 unspecified atom stereocenters. The van der Waals surface area contributed by atoms with Crippen LogP contribution in [0, 0.1) is 0 Å². The van der Waals surface area contributed by atoms with Crippen molar-refractivity contribution in [2.24, 2.45) is 0 Å². The summed E-state index contributed by atoms with van der Waals surface area (Å²) in [6, 6.07) is 75.1. The zero-order valence-electron chi connectivity index (χ0n) is 31.2. The molecule has 0 atom stereocenters. The SMILES string of the molecule is c1ccc(-n2c3ccccc3c3cccc(-c4ccc(-c5ccc6c7ccccc7c7ccccc7c6c5)c5c4C4c6ccccc6C5c5ccccc54)c32)cc1. The number of benzene rings is 10. The van der Waals surface area contributed by atoms with Crippen molar-refractivity contribution in [2.45, 2.75) is 11.8 Å². The van der Waals surface area contributed by atoms with Crippen molar-refractivity contribution in [3.8, 4) is 27.9 Å². The predicted molar refractivity (Wildman–Crippen MR) is 239 cm³/mol. The highest BCUT2D eigenvalue weighted by Gasteiger charge is 2.44. The summed E-state index contributed by atoms with van der Waals surface area (Å²) in [6.45, 7) is 0. The fourth-order valence-corrected chi connectivity index (χ4v) is 10.9. The summed E-state index contributed by atoms with van der Waals surface area (Å²) >= 11 is 0. The van der Waals surface area contributed by atoms with Crippen LogP contribution in [0.4, 0.5) is 0 Å².